The van der Waals surface area contributed by atoms with E-state index in [-0.39, 0.29) is 25.6 Å². The van der Waals surface area contributed by atoms with Crippen LogP contribution < -0.4 is 5.32 Å². The fourth-order valence-electron chi connectivity index (χ4n) is 3.28. The highest BCUT2D eigenvalue weighted by Gasteiger charge is 2.42. The van der Waals surface area contributed by atoms with E-state index in [4.69, 9.17) is 27.9 Å². The lowest BCUT2D eigenvalue weighted by atomic mass is 9.97. The third-order valence-electron chi connectivity index (χ3n) is 4.66. The number of hydrogen-bond acceptors (Lipinski definition) is 5. The number of halogens is 2. The Morgan fingerprint density at radius 2 is 1.83 bits per heavy atom. The van der Waals surface area contributed by atoms with E-state index in [0.717, 1.165) is 0 Å². The highest BCUT2D eigenvalue weighted by atomic mass is 35.5. The predicted octanol–water partition coefficient (Wildman–Crippen LogP) is 3.10. The standard InChI is InChI=1S/C19H24Cl2N2O6/c1-10(2)3-15(18(26)27)22-7-14(17(24)25)16-9-29-19(28)23(16)8-11-4-12(20)6-13(21)5-11/h4-6,10,14-16,22H,3,7-9H2,1-2H3,(H,24,25)(H,26,27). The van der Waals surface area contributed by atoms with Gasteiger partial charge in [0.1, 0.15) is 12.6 Å². The molecule has 29 heavy (non-hydrogen) atoms. The molecule has 10 heteroatoms. The topological polar surface area (TPSA) is 116 Å². The van der Waals surface area contributed by atoms with Crippen LogP contribution in [-0.2, 0) is 20.9 Å². The number of aliphatic carboxylic acids is 2. The number of amides is 1. The first-order valence-electron chi connectivity index (χ1n) is 9.15. The molecule has 1 aromatic carbocycles. The monoisotopic (exact) mass is 446 g/mol. The Morgan fingerprint density at radius 3 is 2.34 bits per heavy atom. The van der Waals surface area contributed by atoms with E-state index in [0.29, 0.717) is 22.0 Å². The molecule has 1 aliphatic heterocycles. The molecule has 0 bridgehead atoms. The van der Waals surface area contributed by atoms with E-state index in [1.807, 2.05) is 13.8 Å². The van der Waals surface area contributed by atoms with Gasteiger partial charge in [-0.1, -0.05) is 37.0 Å². The summed E-state index contributed by atoms with van der Waals surface area (Å²) < 4.78 is 5.07. The molecular formula is C19H24Cl2N2O6. The first-order chi connectivity index (χ1) is 13.6. The van der Waals surface area contributed by atoms with Gasteiger partial charge in [-0.25, -0.2) is 4.79 Å². The average Bonchev–Trinajstić information content (AvgIpc) is 2.93. The van der Waals surface area contributed by atoms with Crippen molar-refractivity contribution in [2.24, 2.45) is 11.8 Å². The highest BCUT2D eigenvalue weighted by molar-refractivity contribution is 6.34. The van der Waals surface area contributed by atoms with Crippen LogP contribution in [0.4, 0.5) is 4.79 Å². The number of ether oxygens (including phenoxy) is 1. The minimum atomic E-state index is -1.15. The molecule has 160 valence electrons. The van der Waals surface area contributed by atoms with Gasteiger partial charge in [0.15, 0.2) is 0 Å². The smallest absolute Gasteiger partial charge is 0.410 e. The van der Waals surface area contributed by atoms with Gasteiger partial charge < -0.3 is 20.3 Å². The van der Waals surface area contributed by atoms with Crippen molar-refractivity contribution in [3.05, 3.63) is 33.8 Å². The Labute approximate surface area is 178 Å². The molecule has 1 saturated heterocycles. The van der Waals surface area contributed by atoms with Crippen LogP contribution in [0.1, 0.15) is 25.8 Å². The molecule has 3 N–H and O–H groups in total. The number of carbonyl (C=O) groups is 3. The van der Waals surface area contributed by atoms with Crippen molar-refractivity contribution in [1.82, 2.24) is 10.2 Å². The van der Waals surface area contributed by atoms with Gasteiger partial charge in [-0.15, -0.1) is 0 Å². The van der Waals surface area contributed by atoms with Gasteiger partial charge in [0.2, 0.25) is 0 Å². The summed E-state index contributed by atoms with van der Waals surface area (Å²) in [4.78, 5) is 36.8. The lowest BCUT2D eigenvalue weighted by molar-refractivity contribution is -0.145. The second kappa shape index (κ2) is 10.1. The summed E-state index contributed by atoms with van der Waals surface area (Å²) >= 11 is 12.0. The molecule has 1 aliphatic rings. The second-order valence-electron chi connectivity index (χ2n) is 7.42. The summed E-state index contributed by atoms with van der Waals surface area (Å²) in [5.74, 6) is -3.13. The van der Waals surface area contributed by atoms with Crippen LogP contribution >= 0.6 is 23.2 Å². The summed E-state index contributed by atoms with van der Waals surface area (Å²) in [6, 6.07) is 3.17. The van der Waals surface area contributed by atoms with E-state index in [2.05, 4.69) is 5.32 Å². The number of carboxylic acid groups (broad SMARTS) is 2. The fraction of sp³-hybridized carbons (Fsp3) is 0.526. The average molecular weight is 447 g/mol. The predicted molar refractivity (Wildman–Crippen MR) is 107 cm³/mol. The zero-order valence-corrected chi connectivity index (χ0v) is 17.6. The number of benzene rings is 1. The van der Waals surface area contributed by atoms with Crippen LogP contribution in [0, 0.1) is 11.8 Å². The van der Waals surface area contributed by atoms with Gasteiger partial charge in [-0.2, -0.15) is 0 Å². The molecule has 8 nitrogen and oxygen atoms in total. The van der Waals surface area contributed by atoms with E-state index in [1.54, 1.807) is 18.2 Å². The molecule has 1 amide bonds. The lowest BCUT2D eigenvalue weighted by Gasteiger charge is -2.28. The minimum absolute atomic E-state index is 0.0713. The number of nitrogens with zero attached hydrogens (tertiary/aromatic N) is 1. The van der Waals surface area contributed by atoms with E-state index in [1.165, 1.54) is 4.90 Å². The molecule has 0 radical (unpaired) electrons. The van der Waals surface area contributed by atoms with Crippen molar-refractivity contribution < 1.29 is 29.3 Å². The Balaban J connectivity index is 2.16. The van der Waals surface area contributed by atoms with Gasteiger partial charge >= 0.3 is 18.0 Å². The highest BCUT2D eigenvalue weighted by Crippen LogP contribution is 2.26. The SMILES string of the molecule is CC(C)CC(NCC(C(=O)O)C1COC(=O)N1Cc1cc(Cl)cc(Cl)c1)C(=O)O. The van der Waals surface area contributed by atoms with Crippen molar-refractivity contribution in [3.63, 3.8) is 0 Å². The van der Waals surface area contributed by atoms with Crippen molar-refractivity contribution in [1.29, 1.82) is 0 Å². The van der Waals surface area contributed by atoms with Crippen molar-refractivity contribution >= 4 is 41.2 Å². The van der Waals surface area contributed by atoms with Gasteiger partial charge in [-0.05, 0) is 36.1 Å². The summed E-state index contributed by atoms with van der Waals surface area (Å²) in [6.07, 6.45) is -0.290. The maximum Gasteiger partial charge on any atom is 0.410 e. The summed E-state index contributed by atoms with van der Waals surface area (Å²) in [6.45, 7) is 3.62. The van der Waals surface area contributed by atoms with Crippen molar-refractivity contribution in [3.8, 4) is 0 Å². The maximum absolute atomic E-state index is 12.2. The van der Waals surface area contributed by atoms with Gasteiger partial charge in [-0.3, -0.25) is 14.5 Å². The number of cyclic esters (lactones) is 1. The van der Waals surface area contributed by atoms with Crippen LogP contribution in [0.3, 0.4) is 0 Å². The minimum Gasteiger partial charge on any atom is -0.481 e. The normalized spacial score (nSPS) is 18.6. The number of carboxylic acids is 2. The van der Waals surface area contributed by atoms with Crippen molar-refractivity contribution in [2.45, 2.75) is 38.9 Å². The fourth-order valence-corrected chi connectivity index (χ4v) is 3.85. The molecule has 0 spiro atoms. The van der Waals surface area contributed by atoms with Gasteiger partial charge in [0.05, 0.1) is 12.0 Å². The molecule has 1 heterocycles. The summed E-state index contributed by atoms with van der Waals surface area (Å²) in [5.41, 5.74) is 0.631. The molecule has 3 unspecified atom stereocenters. The van der Waals surface area contributed by atoms with Crippen LogP contribution in [0.2, 0.25) is 10.0 Å². The summed E-state index contributed by atoms with van der Waals surface area (Å²) in [7, 11) is 0. The van der Waals surface area contributed by atoms with Crippen LogP contribution in [0.15, 0.2) is 18.2 Å². The van der Waals surface area contributed by atoms with Gasteiger partial charge in [0.25, 0.3) is 0 Å². The molecule has 1 aromatic rings. The molecule has 0 aliphatic carbocycles. The maximum atomic E-state index is 12.2. The third kappa shape index (κ3) is 6.48. The van der Waals surface area contributed by atoms with E-state index >= 15 is 0 Å². The lowest BCUT2D eigenvalue weighted by Crippen LogP contribution is -2.49. The molecule has 0 saturated carbocycles. The zero-order valence-electron chi connectivity index (χ0n) is 16.1. The Hall–Kier alpha value is -2.03. The molecule has 0 aromatic heterocycles. The first-order valence-corrected chi connectivity index (χ1v) is 9.91. The second-order valence-corrected chi connectivity index (χ2v) is 8.30. The Kier molecular flexibility index (Phi) is 8.13. The number of rotatable bonds is 10. The zero-order chi connectivity index (χ0) is 21.7. The summed E-state index contributed by atoms with van der Waals surface area (Å²) in [5, 5.41) is 22.7. The third-order valence-corrected chi connectivity index (χ3v) is 5.10. The molecule has 2 rings (SSSR count). The molecule has 1 fully saturated rings. The first kappa shape index (κ1) is 23.3. The number of carbonyl (C=O) groups excluding carboxylic acids is 1. The molecule has 3 atom stereocenters. The van der Waals surface area contributed by atoms with Crippen LogP contribution in [0.25, 0.3) is 0 Å². The quantitative estimate of drug-likeness (QED) is 0.505. The largest absolute Gasteiger partial charge is 0.481 e. The van der Waals surface area contributed by atoms with E-state index < -0.39 is 36.0 Å². The Morgan fingerprint density at radius 1 is 1.21 bits per heavy atom. The Bertz CT molecular complexity index is 753. The van der Waals surface area contributed by atoms with Crippen LogP contribution in [0.5, 0.6) is 0 Å². The van der Waals surface area contributed by atoms with Gasteiger partial charge in [0, 0.05) is 23.1 Å². The van der Waals surface area contributed by atoms with E-state index in [9.17, 15) is 24.6 Å². The molecular weight excluding hydrogens is 423 g/mol. The van der Waals surface area contributed by atoms with Crippen LogP contribution in [-0.4, -0.2) is 58.4 Å². The number of hydrogen-bond donors (Lipinski definition) is 3. The number of nitrogens with one attached hydrogen (secondary N) is 1. The van der Waals surface area contributed by atoms with Crippen molar-refractivity contribution in [2.75, 3.05) is 13.2 Å².